The molecule has 4 nitrogen and oxygen atoms in total. The van der Waals surface area contributed by atoms with Gasteiger partial charge in [-0.25, -0.2) is 8.78 Å². The van der Waals surface area contributed by atoms with Crippen LogP contribution in [0.5, 0.6) is 0 Å². The van der Waals surface area contributed by atoms with E-state index in [9.17, 15) is 18.7 Å². The highest BCUT2D eigenvalue weighted by molar-refractivity contribution is 5.66. The zero-order valence-corrected chi connectivity index (χ0v) is 12.8. The minimum atomic E-state index is -1.84. The summed E-state index contributed by atoms with van der Waals surface area (Å²) in [5.41, 5.74) is -1.30. The molecule has 0 amide bonds. The van der Waals surface area contributed by atoms with Gasteiger partial charge in [-0.2, -0.15) is 0 Å². The van der Waals surface area contributed by atoms with E-state index in [1.807, 2.05) is 0 Å². The lowest BCUT2D eigenvalue weighted by Crippen LogP contribution is -2.39. The van der Waals surface area contributed by atoms with E-state index in [1.165, 1.54) is 6.92 Å². The summed E-state index contributed by atoms with van der Waals surface area (Å²) in [4.78, 5) is 15.0. The molecule has 23 heavy (non-hydrogen) atoms. The van der Waals surface area contributed by atoms with Crippen LogP contribution in [-0.2, 0) is 15.1 Å². The maximum Gasteiger partial charge on any atom is 0.302 e. The molecule has 122 valence electrons. The minimum Gasteiger partial charge on any atom is -0.462 e. The molecule has 0 fully saturated rings. The van der Waals surface area contributed by atoms with Crippen molar-refractivity contribution in [3.05, 3.63) is 65.5 Å². The molecule has 0 aliphatic heterocycles. The second kappa shape index (κ2) is 6.83. The molecule has 1 aromatic heterocycles. The van der Waals surface area contributed by atoms with Crippen LogP contribution < -0.4 is 0 Å². The number of esters is 1. The van der Waals surface area contributed by atoms with E-state index in [0.29, 0.717) is 11.6 Å². The summed E-state index contributed by atoms with van der Waals surface area (Å²) in [6.45, 7) is 2.41. The molecule has 0 bridgehead atoms. The molecule has 0 saturated heterocycles. The third-order valence-electron chi connectivity index (χ3n) is 3.82. The molecular weight excluding hydrogens is 304 g/mol. The fourth-order valence-electron chi connectivity index (χ4n) is 2.42. The van der Waals surface area contributed by atoms with Gasteiger partial charge in [0.25, 0.3) is 0 Å². The van der Waals surface area contributed by atoms with Crippen LogP contribution in [0.1, 0.15) is 30.9 Å². The Morgan fingerprint density at radius 3 is 2.52 bits per heavy atom. The summed E-state index contributed by atoms with van der Waals surface area (Å²) in [6, 6.07) is 6.24. The van der Waals surface area contributed by atoms with E-state index in [0.717, 1.165) is 12.1 Å². The number of aliphatic hydroxyl groups is 1. The van der Waals surface area contributed by atoms with Crippen molar-refractivity contribution < 1.29 is 23.4 Å². The second-order valence-electron chi connectivity index (χ2n) is 5.33. The van der Waals surface area contributed by atoms with Crippen molar-refractivity contribution in [2.45, 2.75) is 25.4 Å². The van der Waals surface area contributed by atoms with Crippen LogP contribution in [0.25, 0.3) is 0 Å². The fraction of sp³-hybridized carbons (Fsp3) is 0.294. The fourth-order valence-corrected chi connectivity index (χ4v) is 2.42. The van der Waals surface area contributed by atoms with E-state index in [-0.39, 0.29) is 5.56 Å². The van der Waals surface area contributed by atoms with Crippen molar-refractivity contribution in [2.24, 2.45) is 0 Å². The van der Waals surface area contributed by atoms with Gasteiger partial charge in [-0.3, -0.25) is 9.78 Å². The highest BCUT2D eigenvalue weighted by Gasteiger charge is 2.40. The molecule has 0 aliphatic carbocycles. The lowest BCUT2D eigenvalue weighted by Gasteiger charge is -2.34. The molecule has 0 aliphatic rings. The monoisotopic (exact) mass is 321 g/mol. The zero-order chi connectivity index (χ0) is 17.0. The van der Waals surface area contributed by atoms with Gasteiger partial charge in [0, 0.05) is 36.9 Å². The number of pyridine rings is 1. The molecular formula is C17H17F2NO3. The number of hydrogen-bond donors (Lipinski definition) is 1. The van der Waals surface area contributed by atoms with E-state index in [4.69, 9.17) is 4.74 Å². The second-order valence-corrected chi connectivity index (χ2v) is 5.33. The van der Waals surface area contributed by atoms with Crippen LogP contribution in [0, 0.1) is 11.6 Å². The summed E-state index contributed by atoms with van der Waals surface area (Å²) in [5.74, 6) is -2.88. The van der Waals surface area contributed by atoms with Crippen LogP contribution in [0.2, 0.25) is 0 Å². The van der Waals surface area contributed by atoms with Gasteiger partial charge in [-0.1, -0.05) is 13.0 Å². The van der Waals surface area contributed by atoms with Crippen LogP contribution >= 0.6 is 0 Å². The minimum absolute atomic E-state index is 0.135. The number of nitrogens with zero attached hydrogens (tertiary/aromatic N) is 1. The molecule has 0 radical (unpaired) electrons. The number of benzene rings is 1. The van der Waals surface area contributed by atoms with Crippen LogP contribution in [0.4, 0.5) is 8.78 Å². The first-order valence-corrected chi connectivity index (χ1v) is 7.06. The van der Waals surface area contributed by atoms with Crippen molar-refractivity contribution in [3.63, 3.8) is 0 Å². The molecule has 2 rings (SSSR count). The Balaban J connectivity index is 2.49. The summed E-state index contributed by atoms with van der Waals surface area (Å²) >= 11 is 0. The maximum absolute atomic E-state index is 14.2. The Labute approximate surface area is 132 Å². The van der Waals surface area contributed by atoms with Gasteiger partial charge in [0.15, 0.2) is 0 Å². The molecule has 1 aromatic carbocycles. The number of ether oxygens (including phenoxy) is 1. The van der Waals surface area contributed by atoms with Crippen molar-refractivity contribution >= 4 is 5.97 Å². The molecule has 0 spiro atoms. The van der Waals surface area contributed by atoms with Gasteiger partial charge in [0.05, 0.1) is 0 Å². The third kappa shape index (κ3) is 3.71. The molecule has 0 saturated carbocycles. The van der Waals surface area contributed by atoms with Crippen LogP contribution in [0.15, 0.2) is 42.7 Å². The molecule has 0 unspecified atom stereocenters. The maximum atomic E-state index is 14.2. The van der Waals surface area contributed by atoms with E-state index < -0.39 is 35.7 Å². The lowest BCUT2D eigenvalue weighted by molar-refractivity contribution is -0.151. The van der Waals surface area contributed by atoms with Gasteiger partial charge < -0.3 is 9.84 Å². The summed E-state index contributed by atoms with van der Waals surface area (Å²) in [7, 11) is 0. The predicted octanol–water partition coefficient (Wildman–Crippen LogP) is 2.91. The number of hydrogen-bond acceptors (Lipinski definition) is 4. The molecule has 2 aromatic rings. The van der Waals surface area contributed by atoms with Crippen LogP contribution in [-0.4, -0.2) is 22.7 Å². The Hall–Kier alpha value is -2.34. The number of carbonyl (C=O) groups excluding carboxylic acids is 1. The lowest BCUT2D eigenvalue weighted by atomic mass is 9.79. The van der Waals surface area contributed by atoms with Gasteiger partial charge in [-0.15, -0.1) is 0 Å². The van der Waals surface area contributed by atoms with E-state index >= 15 is 0 Å². The molecule has 1 heterocycles. The number of carbonyl (C=O) groups is 1. The largest absolute Gasteiger partial charge is 0.462 e. The average Bonchev–Trinajstić information content (AvgIpc) is 2.52. The Kier molecular flexibility index (Phi) is 5.05. The number of aromatic nitrogens is 1. The zero-order valence-electron chi connectivity index (χ0n) is 12.8. The Morgan fingerprint density at radius 2 is 1.96 bits per heavy atom. The van der Waals surface area contributed by atoms with Gasteiger partial charge in [0.2, 0.25) is 0 Å². The van der Waals surface area contributed by atoms with Crippen molar-refractivity contribution in [3.8, 4) is 0 Å². The number of halogens is 2. The summed E-state index contributed by atoms with van der Waals surface area (Å²) < 4.78 is 32.3. The predicted molar refractivity (Wildman–Crippen MR) is 79.5 cm³/mol. The van der Waals surface area contributed by atoms with E-state index in [1.54, 1.807) is 31.5 Å². The highest BCUT2D eigenvalue weighted by atomic mass is 19.1. The van der Waals surface area contributed by atoms with E-state index in [2.05, 4.69) is 4.98 Å². The summed E-state index contributed by atoms with van der Waals surface area (Å²) in [5, 5.41) is 11.1. The SMILES string of the molecule is CC(=O)OC[C@@](O)(c1ccc(F)cc1F)[C@H](C)c1ccncc1. The Bertz CT molecular complexity index is 693. The topological polar surface area (TPSA) is 59.4 Å². The standard InChI is InChI=1S/C17H17F2NO3/c1-11(13-5-7-20-8-6-13)17(22,10-23-12(2)21)15-4-3-14(18)9-16(15)19/h3-9,11,22H,10H2,1-2H3/t11-,17+/m1/s1. The first-order valence-electron chi connectivity index (χ1n) is 7.06. The normalized spacial score (nSPS) is 14.8. The molecule has 6 heteroatoms. The quantitative estimate of drug-likeness (QED) is 0.860. The first-order chi connectivity index (χ1) is 10.8. The number of rotatable bonds is 5. The smallest absolute Gasteiger partial charge is 0.302 e. The van der Waals surface area contributed by atoms with Crippen molar-refractivity contribution in [2.75, 3.05) is 6.61 Å². The van der Waals surface area contributed by atoms with Crippen LogP contribution in [0.3, 0.4) is 0 Å². The van der Waals surface area contributed by atoms with Gasteiger partial charge in [0.1, 0.15) is 23.8 Å². The third-order valence-corrected chi connectivity index (χ3v) is 3.82. The first kappa shape index (κ1) is 17.0. The van der Waals surface area contributed by atoms with Crippen molar-refractivity contribution in [1.29, 1.82) is 0 Å². The molecule has 2 atom stereocenters. The Morgan fingerprint density at radius 1 is 1.30 bits per heavy atom. The molecule has 1 N–H and O–H groups in total. The average molecular weight is 321 g/mol. The van der Waals surface area contributed by atoms with Gasteiger partial charge >= 0.3 is 5.97 Å². The van der Waals surface area contributed by atoms with Gasteiger partial charge in [-0.05, 0) is 23.8 Å². The van der Waals surface area contributed by atoms with Crippen molar-refractivity contribution in [1.82, 2.24) is 4.98 Å². The highest BCUT2D eigenvalue weighted by Crippen LogP contribution is 2.38. The summed E-state index contributed by atoms with van der Waals surface area (Å²) in [6.07, 6.45) is 3.08.